The third-order valence-electron chi connectivity index (χ3n) is 3.67. The molecule has 0 bridgehead atoms. The minimum absolute atomic E-state index is 0.0412. The van der Waals surface area contributed by atoms with E-state index in [2.05, 4.69) is 4.76 Å². The van der Waals surface area contributed by atoms with E-state index in [0.29, 0.717) is 19.3 Å². The lowest BCUT2D eigenvalue weighted by molar-refractivity contribution is 0.143. The molecule has 2 atom stereocenters. The standard InChI is InChI=1S/C16H20NO6P/c18-12-6-4-11(5-7-12)2-1-3-16(20)14-9-8-13(19)10-15(14)17-24(21,22)23/h4-10,14,16,18-20H,1-3H2,(H2,21,22,23). The van der Waals surface area contributed by atoms with Crippen molar-refractivity contribution in [1.29, 1.82) is 0 Å². The number of phenolic OH excluding ortho intramolecular Hbond substituents is 1. The van der Waals surface area contributed by atoms with E-state index in [4.69, 9.17) is 9.79 Å². The van der Waals surface area contributed by atoms with E-state index in [-0.39, 0.29) is 17.2 Å². The van der Waals surface area contributed by atoms with Crippen LogP contribution in [0, 0.1) is 5.92 Å². The zero-order valence-electron chi connectivity index (χ0n) is 12.9. The summed E-state index contributed by atoms with van der Waals surface area (Å²) in [6.45, 7) is 0. The summed E-state index contributed by atoms with van der Waals surface area (Å²) in [7, 11) is -4.65. The zero-order valence-corrected chi connectivity index (χ0v) is 13.8. The Hall–Kier alpha value is -1.92. The fourth-order valence-corrected chi connectivity index (χ4v) is 3.02. The predicted octanol–water partition coefficient (Wildman–Crippen LogP) is 2.24. The van der Waals surface area contributed by atoms with Gasteiger partial charge in [0.15, 0.2) is 0 Å². The first-order chi connectivity index (χ1) is 11.2. The van der Waals surface area contributed by atoms with Gasteiger partial charge in [-0.2, -0.15) is 4.76 Å². The van der Waals surface area contributed by atoms with E-state index in [1.807, 2.05) is 0 Å². The van der Waals surface area contributed by atoms with Gasteiger partial charge in [-0.05, 0) is 43.0 Å². The molecule has 7 nitrogen and oxygen atoms in total. The van der Waals surface area contributed by atoms with E-state index >= 15 is 0 Å². The SMILES string of the molecule is O=P(O)(O)N=C1C=C(O)C=CC1C(O)CCCc1ccc(O)cc1. The van der Waals surface area contributed by atoms with Crippen LogP contribution in [0.5, 0.6) is 5.75 Å². The monoisotopic (exact) mass is 353 g/mol. The molecule has 130 valence electrons. The molecule has 0 amide bonds. The molecule has 0 heterocycles. The van der Waals surface area contributed by atoms with E-state index in [1.54, 1.807) is 24.3 Å². The Kier molecular flexibility index (Phi) is 5.96. The van der Waals surface area contributed by atoms with Crippen molar-refractivity contribution in [3.8, 4) is 5.75 Å². The largest absolute Gasteiger partial charge is 0.508 e. The van der Waals surface area contributed by atoms with Crippen LogP contribution in [0.15, 0.2) is 53.0 Å². The Morgan fingerprint density at radius 3 is 2.46 bits per heavy atom. The van der Waals surface area contributed by atoms with Crippen LogP contribution < -0.4 is 0 Å². The number of hydrogen-bond donors (Lipinski definition) is 5. The number of nitrogens with zero attached hydrogens (tertiary/aromatic N) is 1. The fourth-order valence-electron chi connectivity index (χ4n) is 2.53. The van der Waals surface area contributed by atoms with Crippen LogP contribution in [0.3, 0.4) is 0 Å². The van der Waals surface area contributed by atoms with Gasteiger partial charge in [0, 0.05) is 12.0 Å². The average molecular weight is 353 g/mol. The molecule has 0 aliphatic heterocycles. The van der Waals surface area contributed by atoms with Gasteiger partial charge in [-0.15, -0.1) is 0 Å². The highest BCUT2D eigenvalue weighted by Gasteiger charge is 2.26. The van der Waals surface area contributed by atoms with Crippen LogP contribution in [0.1, 0.15) is 18.4 Å². The lowest BCUT2D eigenvalue weighted by atomic mass is 9.89. The molecule has 0 saturated carbocycles. The van der Waals surface area contributed by atoms with E-state index < -0.39 is 19.8 Å². The maximum Gasteiger partial charge on any atom is 0.448 e. The van der Waals surface area contributed by atoms with Crippen molar-refractivity contribution in [2.24, 2.45) is 10.7 Å². The number of benzene rings is 1. The van der Waals surface area contributed by atoms with Gasteiger partial charge >= 0.3 is 7.75 Å². The number of aliphatic hydroxyl groups is 2. The molecular weight excluding hydrogens is 333 g/mol. The van der Waals surface area contributed by atoms with E-state index in [9.17, 15) is 19.9 Å². The molecule has 1 aliphatic rings. The molecule has 8 heteroatoms. The van der Waals surface area contributed by atoms with Crippen LogP contribution in [0.25, 0.3) is 0 Å². The highest BCUT2D eigenvalue weighted by atomic mass is 31.2. The lowest BCUT2D eigenvalue weighted by Crippen LogP contribution is -2.27. The van der Waals surface area contributed by atoms with Gasteiger partial charge in [-0.3, -0.25) is 0 Å². The molecule has 0 radical (unpaired) electrons. The predicted molar refractivity (Wildman–Crippen MR) is 89.9 cm³/mol. The van der Waals surface area contributed by atoms with Crippen LogP contribution >= 0.6 is 7.75 Å². The molecule has 2 unspecified atom stereocenters. The molecule has 0 aromatic heterocycles. The van der Waals surface area contributed by atoms with Gasteiger partial charge in [0.2, 0.25) is 0 Å². The summed E-state index contributed by atoms with van der Waals surface area (Å²) in [5.74, 6) is -0.668. The second-order valence-electron chi connectivity index (χ2n) is 5.62. The third-order valence-corrected chi connectivity index (χ3v) is 4.17. The number of phenols is 1. The van der Waals surface area contributed by atoms with Crippen LogP contribution in [-0.2, 0) is 11.0 Å². The summed E-state index contributed by atoms with van der Waals surface area (Å²) in [6, 6.07) is 6.77. The first-order valence-electron chi connectivity index (χ1n) is 7.45. The van der Waals surface area contributed by atoms with Crippen molar-refractivity contribution >= 4 is 13.5 Å². The first kappa shape index (κ1) is 18.4. The Morgan fingerprint density at radius 2 is 1.83 bits per heavy atom. The van der Waals surface area contributed by atoms with Crippen LogP contribution in [-0.4, -0.2) is 36.9 Å². The smallest absolute Gasteiger partial charge is 0.448 e. The van der Waals surface area contributed by atoms with E-state index in [1.165, 1.54) is 12.2 Å². The summed E-state index contributed by atoms with van der Waals surface area (Å²) in [5, 5.41) is 29.0. The maximum absolute atomic E-state index is 11.1. The number of allylic oxidation sites excluding steroid dienone is 2. The van der Waals surface area contributed by atoms with Gasteiger partial charge in [-0.1, -0.05) is 18.2 Å². The van der Waals surface area contributed by atoms with E-state index in [0.717, 1.165) is 11.6 Å². The van der Waals surface area contributed by atoms with Gasteiger partial charge in [-0.25, -0.2) is 4.57 Å². The third kappa shape index (κ3) is 5.62. The Balaban J connectivity index is 1.98. The number of aliphatic hydroxyl groups excluding tert-OH is 2. The molecule has 2 rings (SSSR count). The highest BCUT2D eigenvalue weighted by Crippen LogP contribution is 2.38. The van der Waals surface area contributed by atoms with Crippen molar-refractivity contribution in [1.82, 2.24) is 0 Å². The molecule has 1 aliphatic carbocycles. The van der Waals surface area contributed by atoms with Crippen molar-refractivity contribution in [3.63, 3.8) is 0 Å². The zero-order chi connectivity index (χ0) is 17.7. The molecular formula is C16H20NO6P. The van der Waals surface area contributed by atoms with Gasteiger partial charge < -0.3 is 25.1 Å². The number of hydrogen-bond acceptors (Lipinski definition) is 4. The normalized spacial score (nSPS) is 20.9. The minimum Gasteiger partial charge on any atom is -0.508 e. The van der Waals surface area contributed by atoms with Crippen LogP contribution in [0.2, 0.25) is 0 Å². The fraction of sp³-hybridized carbons (Fsp3) is 0.312. The first-order valence-corrected chi connectivity index (χ1v) is 9.01. The van der Waals surface area contributed by atoms with Crippen molar-refractivity contribution in [2.75, 3.05) is 0 Å². The summed E-state index contributed by atoms with van der Waals surface area (Å²) in [5.41, 5.74) is 0.973. The Labute approximate surface area is 139 Å². The van der Waals surface area contributed by atoms with Crippen molar-refractivity contribution < 1.29 is 29.7 Å². The molecule has 0 spiro atoms. The molecule has 24 heavy (non-hydrogen) atoms. The molecule has 5 N–H and O–H groups in total. The van der Waals surface area contributed by atoms with Crippen molar-refractivity contribution in [2.45, 2.75) is 25.4 Å². The Morgan fingerprint density at radius 1 is 1.17 bits per heavy atom. The maximum atomic E-state index is 11.1. The highest BCUT2D eigenvalue weighted by molar-refractivity contribution is 7.50. The molecule has 1 aromatic carbocycles. The van der Waals surface area contributed by atoms with Crippen molar-refractivity contribution in [3.05, 3.63) is 53.8 Å². The average Bonchev–Trinajstić information content (AvgIpc) is 2.47. The lowest BCUT2D eigenvalue weighted by Gasteiger charge is -2.22. The van der Waals surface area contributed by atoms with Crippen LogP contribution in [0.4, 0.5) is 0 Å². The van der Waals surface area contributed by atoms with Gasteiger partial charge in [0.05, 0.1) is 11.8 Å². The second-order valence-corrected chi connectivity index (χ2v) is 6.84. The molecule has 1 aromatic rings. The summed E-state index contributed by atoms with van der Waals surface area (Å²) >= 11 is 0. The topological polar surface area (TPSA) is 131 Å². The summed E-state index contributed by atoms with van der Waals surface area (Å²) in [4.78, 5) is 18.0. The molecule has 0 fully saturated rings. The van der Waals surface area contributed by atoms with Gasteiger partial charge in [0.25, 0.3) is 0 Å². The van der Waals surface area contributed by atoms with Gasteiger partial charge in [0.1, 0.15) is 11.5 Å². The number of rotatable bonds is 6. The number of aryl methyl sites for hydroxylation is 1. The quantitative estimate of drug-likeness (QED) is 0.499. The Bertz CT molecular complexity index is 704. The minimum atomic E-state index is -4.65. The summed E-state index contributed by atoms with van der Waals surface area (Å²) < 4.78 is 14.4. The summed E-state index contributed by atoms with van der Waals surface area (Å²) in [6.07, 6.45) is 4.85. The number of aromatic hydroxyl groups is 1. The second kappa shape index (κ2) is 7.77. The molecule has 0 saturated heterocycles.